The zero-order chi connectivity index (χ0) is 5.70. The minimum Gasteiger partial charge on any atom is -0.772 e. The van der Waals surface area contributed by atoms with Crippen LogP contribution < -0.4 is 0 Å². The molecule has 0 aliphatic rings. The molecule has 0 rings (SSSR count). The molecule has 7 heavy (non-hydrogen) atoms. The second-order valence-corrected chi connectivity index (χ2v) is 2.15. The summed E-state index contributed by atoms with van der Waals surface area (Å²) in [4.78, 5) is 0. The Bertz CT molecular complexity index is 123. The highest BCUT2D eigenvalue weighted by molar-refractivity contribution is 14.1. The molecule has 1 unspecified atom stereocenters. The van der Waals surface area contributed by atoms with E-state index in [1.54, 1.807) is 22.6 Å². The second kappa shape index (κ2) is 4.56. The monoisotopic (exact) mass is 229 g/mol. The van der Waals surface area contributed by atoms with Gasteiger partial charge in [0.15, 0.2) is 0 Å². The van der Waals surface area contributed by atoms with E-state index in [-0.39, 0.29) is 5.75 Å². The summed E-state index contributed by atoms with van der Waals surface area (Å²) in [6, 6.07) is 0. The lowest BCUT2D eigenvalue weighted by molar-refractivity contribution is 0.540. The lowest BCUT2D eigenvalue weighted by Gasteiger charge is -1.93. The Labute approximate surface area is 58.1 Å². The quantitative estimate of drug-likeness (QED) is 0.367. The Balaban J connectivity index is 3.26. The normalized spacial score (nSPS) is 11.7. The van der Waals surface area contributed by atoms with E-state index < -0.39 is 11.1 Å². The highest BCUT2D eigenvalue weighted by Gasteiger charge is 1.69. The van der Waals surface area contributed by atoms with Crippen molar-refractivity contribution in [1.29, 1.82) is 0 Å². The molecule has 0 aliphatic heterocycles. The first-order chi connectivity index (χ1) is 3.27. The summed E-state index contributed by atoms with van der Waals surface area (Å²) in [7, 11) is 0. The number of rotatable bonds is 1. The van der Waals surface area contributed by atoms with Gasteiger partial charge in [-0.15, -0.1) is 0 Å². The third kappa shape index (κ3) is 6.40. The van der Waals surface area contributed by atoms with Crippen LogP contribution in [-0.4, -0.2) is 14.5 Å². The summed E-state index contributed by atoms with van der Waals surface area (Å²) in [5, 5.41) is 0. The van der Waals surface area contributed by atoms with Crippen LogP contribution in [-0.2, 0) is 11.1 Å². The van der Waals surface area contributed by atoms with Crippen molar-refractivity contribution in [3.05, 3.63) is 0 Å². The van der Waals surface area contributed by atoms with E-state index in [0.717, 1.165) is 0 Å². The maximum atomic E-state index is 9.65. The number of halogens is 1. The zero-order valence-corrected chi connectivity index (χ0v) is 6.28. The van der Waals surface area contributed by atoms with Gasteiger partial charge in [-0.2, -0.15) is 0 Å². The van der Waals surface area contributed by atoms with Gasteiger partial charge in [-0.05, 0) is 15.0 Å². The molecule has 40 valence electrons. The maximum absolute atomic E-state index is 9.65. The van der Waals surface area contributed by atoms with E-state index in [2.05, 4.69) is 9.85 Å². The standard InChI is InChI=1S/C3H3IO2S/c4-2-1-3-7(5)6/h3H2,(H,5,6)/p-1. The van der Waals surface area contributed by atoms with Crippen LogP contribution >= 0.6 is 22.6 Å². The van der Waals surface area contributed by atoms with E-state index in [1.165, 1.54) is 0 Å². The van der Waals surface area contributed by atoms with Crippen LogP contribution in [0.1, 0.15) is 0 Å². The summed E-state index contributed by atoms with van der Waals surface area (Å²) in [5.74, 6) is 2.32. The van der Waals surface area contributed by atoms with Crippen LogP contribution in [0.15, 0.2) is 0 Å². The van der Waals surface area contributed by atoms with E-state index in [1.807, 2.05) is 0 Å². The van der Waals surface area contributed by atoms with Crippen LogP contribution in [0.25, 0.3) is 0 Å². The van der Waals surface area contributed by atoms with Crippen molar-refractivity contribution in [1.82, 2.24) is 0 Å². The molecule has 0 saturated heterocycles. The van der Waals surface area contributed by atoms with Gasteiger partial charge in [0.2, 0.25) is 0 Å². The lowest BCUT2D eigenvalue weighted by atomic mass is 10.8. The molecule has 0 bridgehead atoms. The molecule has 0 N–H and O–H groups in total. The van der Waals surface area contributed by atoms with Gasteiger partial charge in [-0.1, -0.05) is 5.92 Å². The van der Waals surface area contributed by atoms with Crippen molar-refractivity contribution in [3.63, 3.8) is 0 Å². The van der Waals surface area contributed by atoms with Crippen molar-refractivity contribution in [2.75, 3.05) is 5.75 Å². The average Bonchev–Trinajstić information content (AvgIpc) is 1.61. The van der Waals surface area contributed by atoms with Gasteiger partial charge >= 0.3 is 0 Å². The molecule has 4 heteroatoms. The SMILES string of the molecule is O=S([O-])CC#CI. The van der Waals surface area contributed by atoms with Crippen LogP contribution in [0.4, 0.5) is 0 Å². The Hall–Kier alpha value is 0.400. The molecule has 2 nitrogen and oxygen atoms in total. The number of hydrogen-bond acceptors (Lipinski definition) is 2. The highest BCUT2D eigenvalue weighted by Crippen LogP contribution is 1.73. The van der Waals surface area contributed by atoms with Crippen LogP contribution in [0, 0.1) is 9.85 Å². The average molecular weight is 229 g/mol. The van der Waals surface area contributed by atoms with Crippen LogP contribution in [0.5, 0.6) is 0 Å². The van der Waals surface area contributed by atoms with Crippen LogP contribution in [0.2, 0.25) is 0 Å². The number of hydrogen-bond donors (Lipinski definition) is 0. The van der Waals surface area contributed by atoms with E-state index in [0.29, 0.717) is 0 Å². The third-order valence-corrected chi connectivity index (χ3v) is 1.02. The van der Waals surface area contributed by atoms with Gasteiger partial charge in [0.05, 0.1) is 5.75 Å². The fourth-order valence-electron chi connectivity index (χ4n) is 0.0862. The Kier molecular flexibility index (Phi) is 4.82. The molecular weight excluding hydrogens is 227 g/mol. The molecule has 0 heterocycles. The third-order valence-electron chi connectivity index (χ3n) is 0.257. The molecule has 0 aliphatic carbocycles. The minimum atomic E-state index is -1.99. The lowest BCUT2D eigenvalue weighted by Crippen LogP contribution is -1.89. The molecule has 0 amide bonds. The predicted octanol–water partition coefficient (Wildman–Crippen LogP) is 0.261. The van der Waals surface area contributed by atoms with Crippen molar-refractivity contribution in [3.8, 4) is 9.85 Å². The first-order valence-electron chi connectivity index (χ1n) is 1.41. The van der Waals surface area contributed by atoms with Gasteiger partial charge < -0.3 is 4.55 Å². The summed E-state index contributed by atoms with van der Waals surface area (Å²) in [5.41, 5.74) is 0. The van der Waals surface area contributed by atoms with Gasteiger partial charge in [0, 0.05) is 22.6 Å². The molecule has 0 aromatic carbocycles. The smallest absolute Gasteiger partial charge is 0.0723 e. The minimum absolute atomic E-state index is 0.0526. The van der Waals surface area contributed by atoms with E-state index in [9.17, 15) is 8.76 Å². The van der Waals surface area contributed by atoms with Gasteiger partial charge in [-0.25, -0.2) is 0 Å². The largest absolute Gasteiger partial charge is 0.772 e. The zero-order valence-electron chi connectivity index (χ0n) is 3.31. The second-order valence-electron chi connectivity index (χ2n) is 0.719. The van der Waals surface area contributed by atoms with Gasteiger partial charge in [0.25, 0.3) is 0 Å². The summed E-state index contributed by atoms with van der Waals surface area (Å²) >= 11 is -0.208. The first kappa shape index (κ1) is 7.40. The van der Waals surface area contributed by atoms with Crippen molar-refractivity contribution in [2.24, 2.45) is 0 Å². The predicted molar refractivity (Wildman–Crippen MR) is 35.6 cm³/mol. The fraction of sp³-hybridized carbons (Fsp3) is 0.333. The molecule has 0 radical (unpaired) electrons. The van der Waals surface area contributed by atoms with Gasteiger partial charge in [-0.3, -0.25) is 4.21 Å². The molecule has 0 aromatic rings. The topological polar surface area (TPSA) is 40.1 Å². The Morgan fingerprint density at radius 1 is 1.86 bits per heavy atom. The molecule has 0 aromatic heterocycles. The molecule has 0 fully saturated rings. The summed E-state index contributed by atoms with van der Waals surface area (Å²) < 4.78 is 21.7. The summed E-state index contributed by atoms with van der Waals surface area (Å²) in [6.07, 6.45) is 0. The first-order valence-corrected chi connectivity index (χ1v) is 3.74. The fourth-order valence-corrected chi connectivity index (χ4v) is 0.726. The molecule has 1 atom stereocenters. The van der Waals surface area contributed by atoms with Crippen molar-refractivity contribution >= 4 is 33.7 Å². The Morgan fingerprint density at radius 2 is 2.43 bits per heavy atom. The van der Waals surface area contributed by atoms with Crippen molar-refractivity contribution in [2.45, 2.75) is 0 Å². The van der Waals surface area contributed by atoms with Crippen LogP contribution in [0.3, 0.4) is 0 Å². The van der Waals surface area contributed by atoms with E-state index >= 15 is 0 Å². The molecular formula is C3H2IO2S-. The molecule has 0 saturated carbocycles. The Morgan fingerprint density at radius 3 is 2.57 bits per heavy atom. The summed E-state index contributed by atoms with van der Waals surface area (Å²) in [6.45, 7) is 0. The highest BCUT2D eigenvalue weighted by atomic mass is 127. The van der Waals surface area contributed by atoms with Gasteiger partial charge in [0.1, 0.15) is 0 Å². The van der Waals surface area contributed by atoms with Crippen molar-refractivity contribution < 1.29 is 8.76 Å². The molecule has 0 spiro atoms. The maximum Gasteiger partial charge on any atom is 0.0723 e. The van der Waals surface area contributed by atoms with E-state index in [4.69, 9.17) is 0 Å².